The second-order valence-corrected chi connectivity index (χ2v) is 4.61. The third-order valence-electron chi connectivity index (χ3n) is 3.37. The van der Waals surface area contributed by atoms with Gasteiger partial charge in [0.25, 0.3) is 0 Å². The Morgan fingerprint density at radius 3 is 2.95 bits per heavy atom. The molecule has 0 saturated heterocycles. The number of hydrogen-bond donors (Lipinski definition) is 1. The van der Waals surface area contributed by atoms with E-state index in [0.717, 1.165) is 17.8 Å². The molecule has 1 N–H and O–H groups in total. The van der Waals surface area contributed by atoms with Crippen molar-refractivity contribution in [3.05, 3.63) is 41.8 Å². The molecule has 0 amide bonds. The number of hydrogen-bond acceptors (Lipinski definition) is 5. The molecule has 0 aliphatic heterocycles. The minimum atomic E-state index is -0.967. The van der Waals surface area contributed by atoms with Crippen molar-refractivity contribution in [2.75, 3.05) is 0 Å². The van der Waals surface area contributed by atoms with Crippen LogP contribution in [0.3, 0.4) is 0 Å². The zero-order chi connectivity index (χ0) is 14.8. The first kappa shape index (κ1) is 13.3. The monoisotopic (exact) mass is 286 g/mol. The van der Waals surface area contributed by atoms with Crippen molar-refractivity contribution in [1.82, 2.24) is 19.7 Å². The molecule has 0 bridgehead atoms. The lowest BCUT2D eigenvalue weighted by Crippen LogP contribution is -2.06. The van der Waals surface area contributed by atoms with Crippen molar-refractivity contribution in [2.45, 2.75) is 26.3 Å². The lowest BCUT2D eigenvalue weighted by Gasteiger charge is -2.06. The summed E-state index contributed by atoms with van der Waals surface area (Å²) in [5.41, 5.74) is 1.56. The van der Waals surface area contributed by atoms with Crippen LogP contribution in [0.1, 0.15) is 28.9 Å². The van der Waals surface area contributed by atoms with E-state index in [1.54, 1.807) is 12.1 Å². The topological polar surface area (TPSA) is 94.0 Å². The Labute approximate surface area is 120 Å². The van der Waals surface area contributed by atoms with Crippen LogP contribution in [0.2, 0.25) is 0 Å². The number of carbonyl (C=O) groups is 1. The molecule has 2 aromatic heterocycles. The number of nitrogens with zero attached hydrogens (tertiary/aromatic N) is 4. The van der Waals surface area contributed by atoms with E-state index in [0.29, 0.717) is 24.3 Å². The summed E-state index contributed by atoms with van der Waals surface area (Å²) in [6, 6.07) is 5.18. The van der Waals surface area contributed by atoms with Gasteiger partial charge in [0.05, 0.1) is 11.1 Å². The molecular weight excluding hydrogens is 272 g/mol. The molecule has 3 rings (SSSR count). The van der Waals surface area contributed by atoms with E-state index in [1.807, 2.05) is 17.6 Å². The second-order valence-electron chi connectivity index (χ2n) is 4.61. The van der Waals surface area contributed by atoms with E-state index in [2.05, 4.69) is 15.1 Å². The highest BCUT2D eigenvalue weighted by molar-refractivity contribution is 6.01. The molecule has 7 heteroatoms. The first-order valence-electron chi connectivity index (χ1n) is 6.67. The van der Waals surface area contributed by atoms with E-state index in [-0.39, 0.29) is 5.56 Å². The largest absolute Gasteiger partial charge is 0.478 e. The van der Waals surface area contributed by atoms with Gasteiger partial charge >= 0.3 is 5.97 Å². The van der Waals surface area contributed by atoms with Gasteiger partial charge in [0.1, 0.15) is 11.3 Å². The summed E-state index contributed by atoms with van der Waals surface area (Å²) < 4.78 is 6.73. The van der Waals surface area contributed by atoms with Gasteiger partial charge in [0.2, 0.25) is 6.39 Å². The number of benzene rings is 1. The maximum absolute atomic E-state index is 11.3. The maximum Gasteiger partial charge on any atom is 0.337 e. The van der Waals surface area contributed by atoms with Crippen LogP contribution in [-0.4, -0.2) is 30.8 Å². The normalized spacial score (nSPS) is 11.1. The summed E-state index contributed by atoms with van der Waals surface area (Å²) in [7, 11) is 0. The smallest absolute Gasteiger partial charge is 0.337 e. The quantitative estimate of drug-likeness (QED) is 0.770. The summed E-state index contributed by atoms with van der Waals surface area (Å²) >= 11 is 0. The zero-order valence-electron chi connectivity index (χ0n) is 11.5. The highest BCUT2D eigenvalue weighted by atomic mass is 16.5. The molecule has 7 nitrogen and oxygen atoms in total. The first-order chi connectivity index (χ1) is 10.2. The van der Waals surface area contributed by atoms with Gasteiger partial charge in [-0.25, -0.2) is 9.78 Å². The Morgan fingerprint density at radius 1 is 1.43 bits per heavy atom. The highest BCUT2D eigenvalue weighted by Crippen LogP contribution is 2.21. The number of aryl methyl sites for hydroxylation is 3. The van der Waals surface area contributed by atoms with Gasteiger partial charge in [-0.15, -0.1) is 0 Å². The Morgan fingerprint density at radius 2 is 2.29 bits per heavy atom. The molecule has 0 spiro atoms. The van der Waals surface area contributed by atoms with Crippen LogP contribution >= 0.6 is 0 Å². The van der Waals surface area contributed by atoms with E-state index in [4.69, 9.17) is 4.52 Å². The summed E-state index contributed by atoms with van der Waals surface area (Å²) in [4.78, 5) is 19.7. The predicted octanol–water partition coefficient (Wildman–Crippen LogP) is 1.92. The molecule has 1 aromatic carbocycles. The Kier molecular flexibility index (Phi) is 3.39. The van der Waals surface area contributed by atoms with Crippen molar-refractivity contribution in [3.63, 3.8) is 0 Å². The van der Waals surface area contributed by atoms with Gasteiger partial charge in [-0.1, -0.05) is 18.1 Å². The van der Waals surface area contributed by atoms with Crippen molar-refractivity contribution >= 4 is 17.0 Å². The van der Waals surface area contributed by atoms with Gasteiger partial charge in [-0.05, 0) is 12.1 Å². The van der Waals surface area contributed by atoms with Crippen molar-refractivity contribution in [3.8, 4) is 0 Å². The predicted molar refractivity (Wildman–Crippen MR) is 74.1 cm³/mol. The van der Waals surface area contributed by atoms with Gasteiger partial charge in [-0.2, -0.15) is 4.98 Å². The summed E-state index contributed by atoms with van der Waals surface area (Å²) in [5, 5.41) is 13.0. The van der Waals surface area contributed by atoms with E-state index in [9.17, 15) is 9.90 Å². The summed E-state index contributed by atoms with van der Waals surface area (Å²) in [6.45, 7) is 2.62. The number of para-hydroxylation sites is 1. The lowest BCUT2D eigenvalue weighted by molar-refractivity contribution is 0.0699. The third-order valence-corrected chi connectivity index (χ3v) is 3.37. The fourth-order valence-electron chi connectivity index (χ4n) is 2.40. The molecule has 21 heavy (non-hydrogen) atoms. The van der Waals surface area contributed by atoms with Gasteiger partial charge in [-0.3, -0.25) is 0 Å². The van der Waals surface area contributed by atoms with Crippen LogP contribution < -0.4 is 0 Å². The van der Waals surface area contributed by atoms with E-state index < -0.39 is 5.97 Å². The zero-order valence-corrected chi connectivity index (χ0v) is 11.5. The second kappa shape index (κ2) is 5.35. The number of aromatic nitrogens is 4. The molecule has 0 radical (unpaired) electrons. The molecule has 3 aromatic rings. The summed E-state index contributed by atoms with van der Waals surface area (Å²) in [6.07, 6.45) is 2.62. The Hall–Kier alpha value is -2.70. The molecule has 2 heterocycles. The van der Waals surface area contributed by atoms with Crippen LogP contribution in [-0.2, 0) is 19.4 Å². The summed E-state index contributed by atoms with van der Waals surface area (Å²) in [5.74, 6) is 0.501. The molecule has 0 fully saturated rings. The number of imidazole rings is 1. The van der Waals surface area contributed by atoms with Crippen LogP contribution in [0.25, 0.3) is 11.0 Å². The molecule has 0 atom stereocenters. The molecule has 0 saturated carbocycles. The fraction of sp³-hybridized carbons (Fsp3) is 0.286. The average Bonchev–Trinajstić information content (AvgIpc) is 3.11. The average molecular weight is 286 g/mol. The van der Waals surface area contributed by atoms with Crippen LogP contribution in [0.15, 0.2) is 29.1 Å². The molecule has 0 aliphatic carbocycles. The number of carboxylic acids is 1. The Bertz CT molecular complexity index is 777. The fourth-order valence-corrected chi connectivity index (χ4v) is 2.40. The van der Waals surface area contributed by atoms with Gasteiger partial charge in [0, 0.05) is 19.4 Å². The minimum Gasteiger partial charge on any atom is -0.478 e. The third kappa shape index (κ3) is 2.37. The molecule has 0 unspecified atom stereocenters. The first-order valence-corrected chi connectivity index (χ1v) is 6.67. The standard InChI is InChI=1S/C14H14N4O3/c1-2-12-16-13-9(14(19)20)4-3-5-10(13)18(12)7-6-11-15-8-21-17-11/h3-5,8H,2,6-7H2,1H3,(H,19,20). The number of aromatic carboxylic acids is 1. The van der Waals surface area contributed by atoms with Crippen molar-refractivity contribution in [2.24, 2.45) is 0 Å². The maximum atomic E-state index is 11.3. The van der Waals surface area contributed by atoms with Crippen LogP contribution in [0.4, 0.5) is 0 Å². The number of rotatable bonds is 5. The van der Waals surface area contributed by atoms with E-state index >= 15 is 0 Å². The van der Waals surface area contributed by atoms with Crippen molar-refractivity contribution < 1.29 is 14.4 Å². The SMILES string of the molecule is CCc1nc2c(C(=O)O)cccc2n1CCc1ncon1. The van der Waals surface area contributed by atoms with Crippen molar-refractivity contribution in [1.29, 1.82) is 0 Å². The Balaban J connectivity index is 2.04. The highest BCUT2D eigenvalue weighted by Gasteiger charge is 2.16. The lowest BCUT2D eigenvalue weighted by atomic mass is 10.2. The minimum absolute atomic E-state index is 0.223. The number of carboxylic acid groups (broad SMARTS) is 1. The van der Waals surface area contributed by atoms with Crippen LogP contribution in [0.5, 0.6) is 0 Å². The van der Waals surface area contributed by atoms with Gasteiger partial charge in [0.15, 0.2) is 5.82 Å². The van der Waals surface area contributed by atoms with Gasteiger partial charge < -0.3 is 14.2 Å². The van der Waals surface area contributed by atoms with Crippen LogP contribution in [0, 0.1) is 0 Å². The molecule has 0 aliphatic rings. The molecule has 108 valence electrons. The molecular formula is C14H14N4O3. The van der Waals surface area contributed by atoms with E-state index in [1.165, 1.54) is 6.39 Å². The number of fused-ring (bicyclic) bond motifs is 1.